The lowest BCUT2D eigenvalue weighted by Gasteiger charge is -2.15. The van der Waals surface area contributed by atoms with Gasteiger partial charge in [-0.05, 0) is 25.3 Å². The molecule has 0 bridgehead atoms. The number of nitrogens with one attached hydrogen (secondary N) is 1. The van der Waals surface area contributed by atoms with Gasteiger partial charge in [0.25, 0.3) is 0 Å². The molecule has 0 radical (unpaired) electrons. The van der Waals surface area contributed by atoms with Gasteiger partial charge in [-0.25, -0.2) is 0 Å². The van der Waals surface area contributed by atoms with Crippen molar-refractivity contribution in [1.29, 1.82) is 0 Å². The lowest BCUT2D eigenvalue weighted by atomic mass is 10.2. The Morgan fingerprint density at radius 2 is 2.17 bits per heavy atom. The summed E-state index contributed by atoms with van der Waals surface area (Å²) < 4.78 is 4.71. The molecule has 0 atom stereocenters. The van der Waals surface area contributed by atoms with Gasteiger partial charge in [0.1, 0.15) is 5.54 Å². The molecule has 0 aromatic heterocycles. The highest BCUT2D eigenvalue weighted by atomic mass is 16.5. The van der Waals surface area contributed by atoms with Crippen LogP contribution in [-0.2, 0) is 9.53 Å². The summed E-state index contributed by atoms with van der Waals surface area (Å²) in [5.41, 5.74) is -0.320. The number of esters is 1. The molecule has 0 amide bonds. The Morgan fingerprint density at radius 1 is 1.58 bits per heavy atom. The number of carbonyl (C=O) groups is 1. The summed E-state index contributed by atoms with van der Waals surface area (Å²) >= 11 is 0. The molecule has 0 saturated heterocycles. The first kappa shape index (κ1) is 9.52. The van der Waals surface area contributed by atoms with Crippen LogP contribution in [0.2, 0.25) is 0 Å². The van der Waals surface area contributed by atoms with Crippen molar-refractivity contribution in [3.63, 3.8) is 0 Å². The molecule has 0 aromatic rings. The van der Waals surface area contributed by atoms with E-state index in [0.717, 1.165) is 19.4 Å². The second-order valence-corrected chi connectivity index (χ2v) is 3.85. The zero-order valence-electron chi connectivity index (χ0n) is 8.02. The topological polar surface area (TPSA) is 38.3 Å². The van der Waals surface area contributed by atoms with E-state index in [4.69, 9.17) is 4.74 Å². The highest BCUT2D eigenvalue weighted by Crippen LogP contribution is 2.36. The van der Waals surface area contributed by atoms with Gasteiger partial charge in [0.05, 0.1) is 7.11 Å². The summed E-state index contributed by atoms with van der Waals surface area (Å²) in [6.07, 6.45) is 1.85. The molecule has 1 saturated carbocycles. The third kappa shape index (κ3) is 1.97. The van der Waals surface area contributed by atoms with E-state index in [0.29, 0.717) is 5.92 Å². The van der Waals surface area contributed by atoms with Crippen molar-refractivity contribution in [3.05, 3.63) is 0 Å². The third-order valence-electron chi connectivity index (χ3n) is 2.17. The van der Waals surface area contributed by atoms with E-state index in [9.17, 15) is 4.79 Å². The van der Waals surface area contributed by atoms with Gasteiger partial charge in [0, 0.05) is 0 Å². The molecule has 3 nitrogen and oxygen atoms in total. The monoisotopic (exact) mass is 171 g/mol. The molecule has 12 heavy (non-hydrogen) atoms. The molecule has 1 fully saturated rings. The van der Waals surface area contributed by atoms with Crippen molar-refractivity contribution in [2.24, 2.45) is 5.92 Å². The molecule has 1 N–H and O–H groups in total. The molecule has 0 heterocycles. The van der Waals surface area contributed by atoms with Crippen LogP contribution >= 0.6 is 0 Å². The Labute approximate surface area is 73.5 Å². The van der Waals surface area contributed by atoms with Crippen molar-refractivity contribution < 1.29 is 9.53 Å². The third-order valence-corrected chi connectivity index (χ3v) is 2.17. The number of carbonyl (C=O) groups excluding carboxylic acids is 1. The smallest absolute Gasteiger partial charge is 0.326 e. The molecular weight excluding hydrogens is 154 g/mol. The van der Waals surface area contributed by atoms with Crippen LogP contribution in [0.5, 0.6) is 0 Å². The summed E-state index contributed by atoms with van der Waals surface area (Å²) in [4.78, 5) is 11.2. The Bertz CT molecular complexity index is 173. The van der Waals surface area contributed by atoms with Gasteiger partial charge in [-0.1, -0.05) is 13.8 Å². The zero-order valence-corrected chi connectivity index (χ0v) is 8.02. The highest BCUT2D eigenvalue weighted by Gasteiger charge is 2.50. The maximum atomic E-state index is 11.2. The fourth-order valence-electron chi connectivity index (χ4n) is 1.17. The van der Waals surface area contributed by atoms with E-state index in [-0.39, 0.29) is 11.5 Å². The normalized spacial score (nSPS) is 19.3. The van der Waals surface area contributed by atoms with E-state index in [1.54, 1.807) is 0 Å². The van der Waals surface area contributed by atoms with E-state index >= 15 is 0 Å². The fourth-order valence-corrected chi connectivity index (χ4v) is 1.17. The van der Waals surface area contributed by atoms with E-state index in [1.165, 1.54) is 7.11 Å². The maximum absolute atomic E-state index is 11.2. The van der Waals surface area contributed by atoms with Gasteiger partial charge < -0.3 is 10.1 Å². The lowest BCUT2D eigenvalue weighted by Crippen LogP contribution is -2.41. The number of rotatable bonds is 4. The van der Waals surface area contributed by atoms with Crippen LogP contribution in [0.3, 0.4) is 0 Å². The molecule has 1 rings (SSSR count). The average molecular weight is 171 g/mol. The minimum Gasteiger partial charge on any atom is -0.468 e. The SMILES string of the molecule is COC(=O)C1(NCC(C)C)CC1. The first-order chi connectivity index (χ1) is 5.60. The van der Waals surface area contributed by atoms with Gasteiger partial charge in [0.2, 0.25) is 0 Å². The minimum absolute atomic E-state index is 0.108. The molecule has 0 unspecified atom stereocenters. The second-order valence-electron chi connectivity index (χ2n) is 3.85. The minimum atomic E-state index is -0.320. The summed E-state index contributed by atoms with van der Waals surface area (Å²) in [5, 5.41) is 3.25. The molecule has 0 aliphatic heterocycles. The van der Waals surface area contributed by atoms with Crippen molar-refractivity contribution >= 4 is 5.97 Å². The van der Waals surface area contributed by atoms with Crippen LogP contribution in [0, 0.1) is 5.92 Å². The fraction of sp³-hybridized carbons (Fsp3) is 0.889. The maximum Gasteiger partial charge on any atom is 0.326 e. The van der Waals surface area contributed by atoms with Gasteiger partial charge >= 0.3 is 5.97 Å². The Hall–Kier alpha value is -0.570. The number of hydrogen-bond donors (Lipinski definition) is 1. The second kappa shape index (κ2) is 3.44. The largest absolute Gasteiger partial charge is 0.468 e. The summed E-state index contributed by atoms with van der Waals surface area (Å²) in [6.45, 7) is 5.13. The van der Waals surface area contributed by atoms with Crippen molar-refractivity contribution in [3.8, 4) is 0 Å². The van der Waals surface area contributed by atoms with Crippen molar-refractivity contribution in [2.75, 3.05) is 13.7 Å². The van der Waals surface area contributed by atoms with E-state index < -0.39 is 0 Å². The molecule has 0 aromatic carbocycles. The average Bonchev–Trinajstić information content (AvgIpc) is 2.80. The summed E-state index contributed by atoms with van der Waals surface area (Å²) in [5.74, 6) is 0.468. The van der Waals surface area contributed by atoms with E-state index in [1.807, 2.05) is 0 Å². The van der Waals surface area contributed by atoms with Crippen molar-refractivity contribution in [1.82, 2.24) is 5.32 Å². The van der Waals surface area contributed by atoms with Gasteiger partial charge in [0.15, 0.2) is 0 Å². The summed E-state index contributed by atoms with van der Waals surface area (Å²) in [7, 11) is 1.44. The molecule has 70 valence electrons. The van der Waals surface area contributed by atoms with Gasteiger partial charge in [-0.3, -0.25) is 4.79 Å². The predicted molar refractivity (Wildman–Crippen MR) is 46.8 cm³/mol. The van der Waals surface area contributed by atoms with E-state index in [2.05, 4.69) is 19.2 Å². The molecular formula is C9H17NO2. The summed E-state index contributed by atoms with van der Waals surface area (Å²) in [6, 6.07) is 0. The number of hydrogen-bond acceptors (Lipinski definition) is 3. The van der Waals surface area contributed by atoms with Crippen LogP contribution < -0.4 is 5.32 Å². The van der Waals surface area contributed by atoms with Gasteiger partial charge in [-0.2, -0.15) is 0 Å². The first-order valence-corrected chi connectivity index (χ1v) is 4.44. The highest BCUT2D eigenvalue weighted by molar-refractivity contribution is 5.84. The molecule has 1 aliphatic carbocycles. The van der Waals surface area contributed by atoms with Crippen LogP contribution in [-0.4, -0.2) is 25.2 Å². The Kier molecular flexibility index (Phi) is 2.73. The van der Waals surface area contributed by atoms with Crippen LogP contribution in [0.4, 0.5) is 0 Å². The Balaban J connectivity index is 2.34. The molecule has 0 spiro atoms. The first-order valence-electron chi connectivity index (χ1n) is 4.44. The lowest BCUT2D eigenvalue weighted by molar-refractivity contribution is -0.144. The Morgan fingerprint density at radius 3 is 2.50 bits per heavy atom. The van der Waals surface area contributed by atoms with Gasteiger partial charge in [-0.15, -0.1) is 0 Å². The van der Waals surface area contributed by atoms with Crippen molar-refractivity contribution in [2.45, 2.75) is 32.2 Å². The number of methoxy groups -OCH3 is 1. The van der Waals surface area contributed by atoms with Crippen LogP contribution in [0.1, 0.15) is 26.7 Å². The molecule has 3 heteroatoms. The quantitative estimate of drug-likeness (QED) is 0.640. The van der Waals surface area contributed by atoms with Crippen LogP contribution in [0.25, 0.3) is 0 Å². The molecule has 1 aliphatic rings. The zero-order chi connectivity index (χ0) is 9.19. The number of ether oxygens (including phenoxy) is 1. The predicted octanol–water partition coefficient (Wildman–Crippen LogP) is 0.938. The standard InChI is InChI=1S/C9H17NO2/c1-7(2)6-10-9(4-5-9)8(11)12-3/h7,10H,4-6H2,1-3H3. The van der Waals surface area contributed by atoms with Crippen LogP contribution in [0.15, 0.2) is 0 Å².